The fourth-order valence-corrected chi connectivity index (χ4v) is 2.37. The Morgan fingerprint density at radius 1 is 1.25 bits per heavy atom. The van der Waals surface area contributed by atoms with Gasteiger partial charge in [-0.05, 0) is 23.1 Å². The van der Waals surface area contributed by atoms with Gasteiger partial charge in [0.1, 0.15) is 0 Å². The lowest BCUT2D eigenvalue weighted by Gasteiger charge is -2.34. The van der Waals surface area contributed by atoms with E-state index in [-0.39, 0.29) is 29.3 Å². The zero-order chi connectivity index (χ0) is 14.9. The average molecular weight is 275 g/mol. The van der Waals surface area contributed by atoms with Gasteiger partial charge in [0.15, 0.2) is 0 Å². The Bertz CT molecular complexity index is 557. The third kappa shape index (κ3) is 3.04. The minimum atomic E-state index is -1.02. The van der Waals surface area contributed by atoms with Crippen molar-refractivity contribution in [1.82, 2.24) is 4.90 Å². The summed E-state index contributed by atoms with van der Waals surface area (Å²) >= 11 is 0. The third-order valence-corrected chi connectivity index (χ3v) is 3.38. The SMILES string of the molecule is CC1(C)CC(=O)N(Cc2cccc(C(=O)O)c2)C(=O)C1. The molecule has 2 amide bonds. The van der Waals surface area contributed by atoms with E-state index in [1.54, 1.807) is 12.1 Å². The number of piperidine rings is 1. The highest BCUT2D eigenvalue weighted by atomic mass is 16.4. The Kier molecular flexibility index (Phi) is 3.61. The van der Waals surface area contributed by atoms with Crippen molar-refractivity contribution in [1.29, 1.82) is 0 Å². The molecule has 0 saturated carbocycles. The van der Waals surface area contributed by atoms with Crippen LogP contribution in [0.5, 0.6) is 0 Å². The van der Waals surface area contributed by atoms with Crippen LogP contribution in [0.15, 0.2) is 24.3 Å². The molecule has 0 atom stereocenters. The van der Waals surface area contributed by atoms with E-state index in [2.05, 4.69) is 0 Å². The molecular weight excluding hydrogens is 258 g/mol. The molecule has 0 unspecified atom stereocenters. The van der Waals surface area contributed by atoms with Crippen molar-refractivity contribution >= 4 is 17.8 Å². The Hall–Kier alpha value is -2.17. The first kappa shape index (κ1) is 14.2. The number of imide groups is 1. The van der Waals surface area contributed by atoms with Gasteiger partial charge in [0.25, 0.3) is 0 Å². The first-order valence-electron chi connectivity index (χ1n) is 6.44. The molecule has 1 aromatic carbocycles. The second kappa shape index (κ2) is 5.07. The van der Waals surface area contributed by atoms with Gasteiger partial charge in [-0.1, -0.05) is 26.0 Å². The highest BCUT2D eigenvalue weighted by Gasteiger charge is 2.37. The summed E-state index contributed by atoms with van der Waals surface area (Å²) in [4.78, 5) is 36.2. The lowest BCUT2D eigenvalue weighted by molar-refractivity contribution is -0.153. The number of hydrogen-bond donors (Lipinski definition) is 1. The van der Waals surface area contributed by atoms with Crippen molar-refractivity contribution < 1.29 is 19.5 Å². The molecule has 1 aliphatic heterocycles. The topological polar surface area (TPSA) is 74.7 Å². The summed E-state index contributed by atoms with van der Waals surface area (Å²) in [5, 5.41) is 8.94. The summed E-state index contributed by atoms with van der Waals surface area (Å²) in [6, 6.07) is 6.30. The molecule has 0 radical (unpaired) electrons. The van der Waals surface area contributed by atoms with Crippen LogP contribution in [0.2, 0.25) is 0 Å². The number of carbonyl (C=O) groups excluding carboxylic acids is 2. The summed E-state index contributed by atoms with van der Waals surface area (Å²) in [6.07, 6.45) is 0.661. The van der Waals surface area contributed by atoms with Crippen LogP contribution >= 0.6 is 0 Å². The summed E-state index contributed by atoms with van der Waals surface area (Å²) in [5.41, 5.74) is 0.499. The fourth-order valence-electron chi connectivity index (χ4n) is 2.37. The quantitative estimate of drug-likeness (QED) is 0.857. The average Bonchev–Trinajstić information content (AvgIpc) is 2.33. The van der Waals surface area contributed by atoms with Crippen molar-refractivity contribution in [3.05, 3.63) is 35.4 Å². The van der Waals surface area contributed by atoms with Crippen molar-refractivity contribution in [2.45, 2.75) is 33.2 Å². The van der Waals surface area contributed by atoms with Gasteiger partial charge in [-0.2, -0.15) is 0 Å². The zero-order valence-corrected chi connectivity index (χ0v) is 11.5. The van der Waals surface area contributed by atoms with Gasteiger partial charge < -0.3 is 5.11 Å². The second-order valence-corrected chi connectivity index (χ2v) is 5.90. The molecule has 5 heteroatoms. The Morgan fingerprint density at radius 3 is 2.40 bits per heavy atom. The minimum absolute atomic E-state index is 0.134. The summed E-state index contributed by atoms with van der Waals surface area (Å²) in [7, 11) is 0. The van der Waals surface area contributed by atoms with Crippen LogP contribution in [0.25, 0.3) is 0 Å². The zero-order valence-electron chi connectivity index (χ0n) is 11.5. The van der Waals surface area contributed by atoms with Crippen LogP contribution in [-0.4, -0.2) is 27.8 Å². The van der Waals surface area contributed by atoms with E-state index in [9.17, 15) is 14.4 Å². The van der Waals surface area contributed by atoms with Crippen LogP contribution in [0.3, 0.4) is 0 Å². The Labute approximate surface area is 117 Å². The number of amides is 2. The van der Waals surface area contributed by atoms with E-state index in [4.69, 9.17) is 5.11 Å². The minimum Gasteiger partial charge on any atom is -0.478 e. The highest BCUT2D eigenvalue weighted by Crippen LogP contribution is 2.32. The van der Waals surface area contributed by atoms with Gasteiger partial charge in [-0.15, -0.1) is 0 Å². The van der Waals surface area contributed by atoms with Gasteiger partial charge in [0.2, 0.25) is 11.8 Å². The number of carbonyl (C=O) groups is 3. The molecule has 5 nitrogen and oxygen atoms in total. The van der Waals surface area contributed by atoms with Crippen LogP contribution in [0, 0.1) is 5.41 Å². The normalized spacial score (nSPS) is 18.2. The first-order valence-corrected chi connectivity index (χ1v) is 6.44. The van der Waals surface area contributed by atoms with Crippen molar-refractivity contribution in [3.63, 3.8) is 0 Å². The molecule has 0 aliphatic carbocycles. The summed E-state index contributed by atoms with van der Waals surface area (Å²) in [6.45, 7) is 3.92. The van der Waals surface area contributed by atoms with E-state index >= 15 is 0 Å². The summed E-state index contributed by atoms with van der Waals surface area (Å²) in [5.74, 6) is -1.43. The highest BCUT2D eigenvalue weighted by molar-refractivity contribution is 5.98. The number of carboxylic acid groups (broad SMARTS) is 1. The molecule has 106 valence electrons. The molecular formula is C15H17NO4. The Balaban J connectivity index is 2.18. The van der Waals surface area contributed by atoms with E-state index < -0.39 is 5.97 Å². The van der Waals surface area contributed by atoms with E-state index in [1.807, 2.05) is 13.8 Å². The molecule has 0 bridgehead atoms. The van der Waals surface area contributed by atoms with Crippen LogP contribution in [0.1, 0.15) is 42.6 Å². The van der Waals surface area contributed by atoms with E-state index in [0.717, 1.165) is 0 Å². The lowest BCUT2D eigenvalue weighted by atomic mass is 9.81. The van der Waals surface area contributed by atoms with Gasteiger partial charge in [-0.25, -0.2) is 4.79 Å². The van der Waals surface area contributed by atoms with Crippen LogP contribution in [0.4, 0.5) is 0 Å². The summed E-state index contributed by atoms with van der Waals surface area (Å²) < 4.78 is 0. The van der Waals surface area contributed by atoms with Crippen molar-refractivity contribution in [2.24, 2.45) is 5.41 Å². The van der Waals surface area contributed by atoms with Crippen LogP contribution < -0.4 is 0 Å². The number of hydrogen-bond acceptors (Lipinski definition) is 3. The molecule has 1 N–H and O–H groups in total. The smallest absolute Gasteiger partial charge is 0.335 e. The van der Waals surface area contributed by atoms with Crippen molar-refractivity contribution in [2.75, 3.05) is 0 Å². The maximum absolute atomic E-state index is 12.0. The maximum atomic E-state index is 12.0. The van der Waals surface area contributed by atoms with Gasteiger partial charge >= 0.3 is 5.97 Å². The molecule has 1 heterocycles. The molecule has 1 saturated heterocycles. The second-order valence-electron chi connectivity index (χ2n) is 5.90. The van der Waals surface area contributed by atoms with Gasteiger partial charge in [-0.3, -0.25) is 14.5 Å². The molecule has 0 spiro atoms. The number of nitrogens with zero attached hydrogens (tertiary/aromatic N) is 1. The van der Waals surface area contributed by atoms with E-state index in [1.165, 1.54) is 17.0 Å². The fraction of sp³-hybridized carbons (Fsp3) is 0.400. The molecule has 1 aromatic rings. The van der Waals surface area contributed by atoms with E-state index in [0.29, 0.717) is 18.4 Å². The molecule has 1 fully saturated rings. The monoisotopic (exact) mass is 275 g/mol. The van der Waals surface area contributed by atoms with Crippen molar-refractivity contribution in [3.8, 4) is 0 Å². The molecule has 2 rings (SSSR count). The maximum Gasteiger partial charge on any atom is 0.335 e. The molecule has 1 aliphatic rings. The number of carboxylic acids is 1. The largest absolute Gasteiger partial charge is 0.478 e. The Morgan fingerprint density at radius 2 is 1.85 bits per heavy atom. The molecule has 0 aromatic heterocycles. The molecule has 20 heavy (non-hydrogen) atoms. The van der Waals surface area contributed by atoms with Crippen LogP contribution in [-0.2, 0) is 16.1 Å². The number of rotatable bonds is 3. The predicted octanol–water partition coefficient (Wildman–Crippen LogP) is 2.06. The third-order valence-electron chi connectivity index (χ3n) is 3.38. The number of benzene rings is 1. The van der Waals surface area contributed by atoms with Gasteiger partial charge in [0, 0.05) is 12.8 Å². The predicted molar refractivity (Wildman–Crippen MR) is 72.0 cm³/mol. The standard InChI is InChI=1S/C15H17NO4/c1-15(2)7-12(17)16(13(18)8-15)9-10-4-3-5-11(6-10)14(19)20/h3-6H,7-9H2,1-2H3,(H,19,20). The first-order chi connectivity index (χ1) is 9.28. The lowest BCUT2D eigenvalue weighted by Crippen LogP contribution is -2.45. The van der Waals surface area contributed by atoms with Gasteiger partial charge in [0.05, 0.1) is 12.1 Å². The number of likely N-dealkylation sites (tertiary alicyclic amines) is 1. The number of aromatic carboxylic acids is 1.